The van der Waals surface area contributed by atoms with Gasteiger partial charge in [0.2, 0.25) is 0 Å². The van der Waals surface area contributed by atoms with Crippen LogP contribution in [0.5, 0.6) is 11.5 Å². The van der Waals surface area contributed by atoms with Crippen LogP contribution in [-0.2, 0) is 4.79 Å². The van der Waals surface area contributed by atoms with Crippen LogP contribution in [0.25, 0.3) is 0 Å². The predicted octanol–water partition coefficient (Wildman–Crippen LogP) is 1.34. The maximum absolute atomic E-state index is 12.4. The highest BCUT2D eigenvalue weighted by Crippen LogP contribution is 2.18. The summed E-state index contributed by atoms with van der Waals surface area (Å²) in [6, 6.07) is 12.7. The fourth-order valence-corrected chi connectivity index (χ4v) is 2.90. The first-order valence-corrected chi connectivity index (χ1v) is 8.75. The van der Waals surface area contributed by atoms with Crippen LogP contribution < -0.4 is 19.1 Å². The number of piperazine rings is 1. The second-order valence-corrected chi connectivity index (χ2v) is 5.96. The molecule has 1 aromatic carbocycles. The van der Waals surface area contributed by atoms with Gasteiger partial charge in [0, 0.05) is 6.07 Å². The maximum atomic E-state index is 12.4. The summed E-state index contributed by atoms with van der Waals surface area (Å²) in [7, 11) is 0. The van der Waals surface area contributed by atoms with E-state index < -0.39 is 0 Å². The molecule has 0 unspecified atom stereocenters. The van der Waals surface area contributed by atoms with E-state index in [-0.39, 0.29) is 12.5 Å². The number of aromatic nitrogens is 1. The minimum atomic E-state index is -0.0385. The fraction of sp³-hybridized carbons (Fsp3) is 0.368. The van der Waals surface area contributed by atoms with Gasteiger partial charge in [0.05, 0.1) is 19.7 Å². The quantitative estimate of drug-likeness (QED) is 0.624. The Bertz CT molecular complexity index is 728. The van der Waals surface area contributed by atoms with Crippen LogP contribution in [-0.4, -0.2) is 55.4 Å². The Balaban J connectivity index is 1.47. The zero-order chi connectivity index (χ0) is 18.4. The van der Waals surface area contributed by atoms with Crippen LogP contribution in [0.4, 0.5) is 5.82 Å². The van der Waals surface area contributed by atoms with Crippen LogP contribution in [0.2, 0.25) is 0 Å². The molecule has 1 saturated heterocycles. The van der Waals surface area contributed by atoms with Crippen LogP contribution in [0.3, 0.4) is 0 Å². The van der Waals surface area contributed by atoms with E-state index >= 15 is 0 Å². The van der Waals surface area contributed by atoms with Gasteiger partial charge in [0.1, 0.15) is 30.8 Å². The Morgan fingerprint density at radius 2 is 1.69 bits per heavy atom. The summed E-state index contributed by atoms with van der Waals surface area (Å²) >= 11 is 0. The number of anilines is 1. The maximum Gasteiger partial charge on any atom is 0.316 e. The summed E-state index contributed by atoms with van der Waals surface area (Å²) < 4.78 is 12.1. The summed E-state index contributed by atoms with van der Waals surface area (Å²) in [5.74, 6) is 2.11. The number of ether oxygens (including phenoxy) is 2. The molecule has 7 heteroatoms. The highest BCUT2D eigenvalue weighted by atomic mass is 16.5. The second kappa shape index (κ2) is 8.42. The van der Waals surface area contributed by atoms with E-state index in [1.165, 1.54) is 0 Å². The van der Waals surface area contributed by atoms with E-state index in [9.17, 15) is 10.0 Å². The Morgan fingerprint density at radius 1 is 1.04 bits per heavy atom. The van der Waals surface area contributed by atoms with Crippen molar-refractivity contribution in [1.29, 1.82) is 0 Å². The first-order chi connectivity index (χ1) is 12.7. The van der Waals surface area contributed by atoms with Crippen molar-refractivity contribution in [2.24, 2.45) is 0 Å². The third-order valence-corrected chi connectivity index (χ3v) is 4.27. The van der Waals surface area contributed by atoms with Crippen molar-refractivity contribution < 1.29 is 24.2 Å². The highest BCUT2D eigenvalue weighted by Gasteiger charge is 2.27. The molecule has 1 fully saturated rings. The molecule has 0 aliphatic carbocycles. The number of hydrogen-bond donors (Lipinski definition) is 1. The number of benzene rings is 1. The minimum Gasteiger partial charge on any atom is -0.494 e. The molecule has 26 heavy (non-hydrogen) atoms. The van der Waals surface area contributed by atoms with E-state index in [2.05, 4.69) is 4.90 Å². The molecule has 3 rings (SSSR count). The third-order valence-electron chi connectivity index (χ3n) is 4.27. The Morgan fingerprint density at radius 3 is 2.31 bits per heavy atom. The van der Waals surface area contributed by atoms with Gasteiger partial charge in [0.15, 0.2) is 6.61 Å². The fourth-order valence-electron chi connectivity index (χ4n) is 2.90. The molecule has 1 aromatic heterocycles. The molecule has 7 nitrogen and oxygen atoms in total. The van der Waals surface area contributed by atoms with Crippen molar-refractivity contribution in [2.45, 2.75) is 6.92 Å². The molecule has 2 aromatic rings. The van der Waals surface area contributed by atoms with Gasteiger partial charge in [-0.2, -0.15) is 0 Å². The lowest BCUT2D eigenvalue weighted by molar-refractivity contribution is -0.894. The third kappa shape index (κ3) is 4.36. The highest BCUT2D eigenvalue weighted by molar-refractivity contribution is 5.78. The number of pyridine rings is 1. The largest absolute Gasteiger partial charge is 0.494 e. The smallest absolute Gasteiger partial charge is 0.316 e. The van der Waals surface area contributed by atoms with Crippen LogP contribution in [0.1, 0.15) is 6.92 Å². The van der Waals surface area contributed by atoms with Gasteiger partial charge in [-0.25, -0.2) is 0 Å². The summed E-state index contributed by atoms with van der Waals surface area (Å²) in [5, 5.41) is 9.87. The van der Waals surface area contributed by atoms with E-state index in [0.29, 0.717) is 38.5 Å². The number of nitrogens with zero attached hydrogens (tertiary/aromatic N) is 3. The van der Waals surface area contributed by atoms with Crippen molar-refractivity contribution >= 4 is 11.7 Å². The first-order valence-electron chi connectivity index (χ1n) is 8.75. The number of rotatable bonds is 6. The Hall–Kier alpha value is -2.96. The van der Waals surface area contributed by atoms with Crippen molar-refractivity contribution in [3.8, 4) is 11.5 Å². The number of carbonyl (C=O) groups excluding carboxylic acids is 1. The monoisotopic (exact) mass is 358 g/mol. The SMILES string of the molecule is CCOc1ccc(OCC(=O)N2CCN(c3cccc[n+]3O)CC2)cc1. The topological polar surface area (TPSA) is 66.1 Å². The van der Waals surface area contributed by atoms with Crippen molar-refractivity contribution in [3.63, 3.8) is 0 Å². The average molecular weight is 358 g/mol. The molecule has 1 N–H and O–H groups in total. The first kappa shape index (κ1) is 17.8. The molecule has 0 bridgehead atoms. The Labute approximate surface area is 152 Å². The van der Waals surface area contributed by atoms with Gasteiger partial charge in [0.25, 0.3) is 5.91 Å². The van der Waals surface area contributed by atoms with Gasteiger partial charge in [-0.05, 0) is 37.3 Å². The minimum absolute atomic E-state index is 0.0132. The van der Waals surface area contributed by atoms with Crippen LogP contribution in [0.15, 0.2) is 48.7 Å². The molecule has 1 aliphatic heterocycles. The molecule has 138 valence electrons. The number of carbonyl (C=O) groups is 1. The summed E-state index contributed by atoms with van der Waals surface area (Å²) in [5.41, 5.74) is 0. The molecule has 0 atom stereocenters. The van der Waals surface area contributed by atoms with Gasteiger partial charge in [-0.1, -0.05) is 10.8 Å². The lowest BCUT2D eigenvalue weighted by Gasteiger charge is -2.31. The van der Waals surface area contributed by atoms with E-state index in [4.69, 9.17) is 9.47 Å². The number of amides is 1. The zero-order valence-electron chi connectivity index (χ0n) is 14.9. The predicted molar refractivity (Wildman–Crippen MR) is 95.7 cm³/mol. The lowest BCUT2D eigenvalue weighted by Crippen LogP contribution is -2.53. The van der Waals surface area contributed by atoms with Crippen LogP contribution in [0, 0.1) is 0 Å². The van der Waals surface area contributed by atoms with Crippen LogP contribution >= 0.6 is 0 Å². The standard InChI is InChI=1S/C19H24N3O4/c1-2-25-16-6-8-17(9-7-16)26-15-19(23)21-13-11-20(12-14-21)18-5-3-4-10-22(18)24/h3-10,24H,2,11-15H2,1H3/q+1. The van der Waals surface area contributed by atoms with E-state index in [1.807, 2.05) is 31.2 Å². The van der Waals surface area contributed by atoms with Gasteiger partial charge >= 0.3 is 5.82 Å². The molecule has 1 aliphatic rings. The molecule has 0 saturated carbocycles. The van der Waals surface area contributed by atoms with E-state index in [1.54, 1.807) is 29.3 Å². The molecular formula is C19H24N3O4+. The number of hydrogen-bond acceptors (Lipinski definition) is 5. The zero-order valence-corrected chi connectivity index (χ0v) is 14.9. The normalized spacial score (nSPS) is 14.2. The second-order valence-electron chi connectivity index (χ2n) is 5.96. The van der Waals surface area contributed by atoms with Crippen molar-refractivity contribution in [3.05, 3.63) is 48.7 Å². The lowest BCUT2D eigenvalue weighted by atomic mass is 10.3. The van der Waals surface area contributed by atoms with Gasteiger partial charge < -0.3 is 19.6 Å². The van der Waals surface area contributed by atoms with Gasteiger partial charge in [-0.3, -0.25) is 9.69 Å². The molecular weight excluding hydrogens is 334 g/mol. The summed E-state index contributed by atoms with van der Waals surface area (Å²) in [6.45, 7) is 5.09. The molecule has 0 spiro atoms. The molecule has 2 heterocycles. The summed E-state index contributed by atoms with van der Waals surface area (Å²) in [4.78, 5) is 16.2. The molecule has 0 radical (unpaired) electrons. The summed E-state index contributed by atoms with van der Waals surface area (Å²) in [6.07, 6.45) is 1.59. The van der Waals surface area contributed by atoms with Gasteiger partial charge in [-0.15, -0.1) is 0 Å². The average Bonchev–Trinajstić information content (AvgIpc) is 2.68. The van der Waals surface area contributed by atoms with Crippen molar-refractivity contribution in [2.75, 3.05) is 44.3 Å². The van der Waals surface area contributed by atoms with Crippen molar-refractivity contribution in [1.82, 2.24) is 4.90 Å². The Kier molecular flexibility index (Phi) is 5.78. The van der Waals surface area contributed by atoms with E-state index in [0.717, 1.165) is 16.3 Å². The molecule has 1 amide bonds.